The SMILES string of the molecule is Cc1cc(C(F)(F)F)cc(O)c1-c1ccc(N2CC[C@H]3CNC[C@H]3C2=O)nn1. The van der Waals surface area contributed by atoms with Crippen LogP contribution in [0.4, 0.5) is 19.0 Å². The molecule has 0 bridgehead atoms. The van der Waals surface area contributed by atoms with Gasteiger partial charge >= 0.3 is 6.18 Å². The highest BCUT2D eigenvalue weighted by Gasteiger charge is 2.40. The molecular formula is C19H19F3N4O2. The first-order valence-electron chi connectivity index (χ1n) is 9.02. The van der Waals surface area contributed by atoms with Crippen LogP contribution in [-0.4, -0.2) is 40.8 Å². The van der Waals surface area contributed by atoms with Crippen LogP contribution in [0.3, 0.4) is 0 Å². The zero-order chi connectivity index (χ0) is 20.1. The quantitative estimate of drug-likeness (QED) is 0.822. The van der Waals surface area contributed by atoms with Gasteiger partial charge in [-0.15, -0.1) is 10.2 Å². The minimum Gasteiger partial charge on any atom is -0.507 e. The van der Waals surface area contributed by atoms with E-state index < -0.39 is 17.5 Å². The largest absolute Gasteiger partial charge is 0.507 e. The third kappa shape index (κ3) is 3.19. The summed E-state index contributed by atoms with van der Waals surface area (Å²) < 4.78 is 38.7. The van der Waals surface area contributed by atoms with E-state index in [4.69, 9.17) is 0 Å². The number of phenolic OH excluding ortho intramolecular Hbond substituents is 1. The molecule has 0 saturated carbocycles. The summed E-state index contributed by atoms with van der Waals surface area (Å²) in [6.45, 7) is 3.53. The molecule has 28 heavy (non-hydrogen) atoms. The number of carbonyl (C=O) groups excluding carboxylic acids is 1. The van der Waals surface area contributed by atoms with E-state index in [0.717, 1.165) is 19.0 Å². The van der Waals surface area contributed by atoms with Gasteiger partial charge in [-0.25, -0.2) is 0 Å². The van der Waals surface area contributed by atoms with E-state index >= 15 is 0 Å². The molecule has 1 amide bonds. The van der Waals surface area contributed by atoms with Crippen LogP contribution in [0.2, 0.25) is 0 Å². The number of phenols is 1. The van der Waals surface area contributed by atoms with Gasteiger partial charge < -0.3 is 10.4 Å². The number of anilines is 1. The maximum absolute atomic E-state index is 12.9. The van der Waals surface area contributed by atoms with Gasteiger partial charge in [0.2, 0.25) is 5.91 Å². The topological polar surface area (TPSA) is 78.4 Å². The van der Waals surface area contributed by atoms with Gasteiger partial charge in [0.1, 0.15) is 5.75 Å². The van der Waals surface area contributed by atoms with Gasteiger partial charge in [0.05, 0.1) is 17.2 Å². The van der Waals surface area contributed by atoms with Gasteiger partial charge in [0, 0.05) is 18.7 Å². The first kappa shape index (κ1) is 18.7. The maximum atomic E-state index is 12.9. The Labute approximate surface area is 159 Å². The molecule has 6 nitrogen and oxygen atoms in total. The fourth-order valence-electron chi connectivity index (χ4n) is 4.03. The smallest absolute Gasteiger partial charge is 0.416 e. The second kappa shape index (κ2) is 6.73. The standard InChI is InChI=1S/C19H19F3N4O2/c1-10-6-12(19(20,21)22)7-15(27)17(10)14-2-3-16(25-24-14)26-5-4-11-8-23-9-13(11)18(26)28/h2-3,6-7,11,13,23,27H,4-5,8-9H2,1H3/t11-,13+/m0/s1. The summed E-state index contributed by atoms with van der Waals surface area (Å²) in [5.74, 6) is 0.197. The Morgan fingerprint density at radius 1 is 1.21 bits per heavy atom. The Balaban J connectivity index is 1.61. The van der Waals surface area contributed by atoms with Crippen molar-refractivity contribution >= 4 is 11.7 Å². The lowest BCUT2D eigenvalue weighted by atomic mass is 9.88. The Morgan fingerprint density at radius 2 is 2.00 bits per heavy atom. The molecule has 0 aliphatic carbocycles. The number of piperidine rings is 1. The number of nitrogens with one attached hydrogen (secondary N) is 1. The van der Waals surface area contributed by atoms with Crippen molar-refractivity contribution in [3.05, 3.63) is 35.4 Å². The minimum atomic E-state index is -4.54. The third-order valence-corrected chi connectivity index (χ3v) is 5.47. The summed E-state index contributed by atoms with van der Waals surface area (Å²) in [6, 6.07) is 4.81. The number of aryl methyl sites for hydroxylation is 1. The van der Waals surface area contributed by atoms with Crippen molar-refractivity contribution in [3.63, 3.8) is 0 Å². The van der Waals surface area contributed by atoms with Crippen molar-refractivity contribution in [2.75, 3.05) is 24.5 Å². The summed E-state index contributed by atoms with van der Waals surface area (Å²) in [4.78, 5) is 14.3. The molecule has 9 heteroatoms. The number of aromatic hydroxyl groups is 1. The predicted molar refractivity (Wildman–Crippen MR) is 95.7 cm³/mol. The summed E-state index contributed by atoms with van der Waals surface area (Å²) in [5, 5.41) is 21.5. The monoisotopic (exact) mass is 392 g/mol. The second-order valence-corrected chi connectivity index (χ2v) is 7.27. The van der Waals surface area contributed by atoms with Crippen LogP contribution in [0.1, 0.15) is 17.5 Å². The molecule has 2 N–H and O–H groups in total. The molecule has 2 saturated heterocycles. The zero-order valence-corrected chi connectivity index (χ0v) is 15.1. The Morgan fingerprint density at radius 3 is 2.64 bits per heavy atom. The lowest BCUT2D eigenvalue weighted by Gasteiger charge is -2.32. The van der Waals surface area contributed by atoms with Crippen molar-refractivity contribution in [1.82, 2.24) is 15.5 Å². The van der Waals surface area contributed by atoms with Crippen molar-refractivity contribution in [2.24, 2.45) is 11.8 Å². The van der Waals surface area contributed by atoms with Crippen LogP contribution in [0.5, 0.6) is 5.75 Å². The van der Waals surface area contributed by atoms with E-state index in [9.17, 15) is 23.1 Å². The zero-order valence-electron chi connectivity index (χ0n) is 15.1. The van der Waals surface area contributed by atoms with Crippen molar-refractivity contribution in [2.45, 2.75) is 19.5 Å². The van der Waals surface area contributed by atoms with Crippen LogP contribution in [0.25, 0.3) is 11.3 Å². The summed E-state index contributed by atoms with van der Waals surface area (Å²) in [7, 11) is 0. The molecule has 1 aromatic carbocycles. The van der Waals surface area contributed by atoms with Gasteiger partial charge in [-0.2, -0.15) is 13.2 Å². The molecule has 2 aliphatic heterocycles. The summed E-state index contributed by atoms with van der Waals surface area (Å²) in [6.07, 6.45) is -3.66. The number of halogens is 3. The lowest BCUT2D eigenvalue weighted by molar-refractivity contribution is -0.137. The number of carbonyl (C=O) groups is 1. The first-order chi connectivity index (χ1) is 13.3. The van der Waals surface area contributed by atoms with E-state index in [0.29, 0.717) is 30.9 Å². The minimum absolute atomic E-state index is 0.0110. The number of hydrogen-bond acceptors (Lipinski definition) is 5. The van der Waals surface area contributed by atoms with E-state index in [-0.39, 0.29) is 28.6 Å². The van der Waals surface area contributed by atoms with Crippen molar-refractivity contribution in [3.8, 4) is 17.0 Å². The van der Waals surface area contributed by atoms with E-state index in [1.807, 2.05) is 0 Å². The van der Waals surface area contributed by atoms with Gasteiger partial charge in [0.15, 0.2) is 5.82 Å². The molecule has 1 aromatic heterocycles. The molecule has 4 rings (SSSR count). The normalized spacial score (nSPS) is 22.4. The predicted octanol–water partition coefficient (Wildman–Crippen LogP) is 2.75. The molecule has 3 heterocycles. The fraction of sp³-hybridized carbons (Fsp3) is 0.421. The molecule has 0 radical (unpaired) electrons. The average Bonchev–Trinajstić information content (AvgIpc) is 3.11. The van der Waals surface area contributed by atoms with E-state index in [1.165, 1.54) is 6.92 Å². The number of alkyl halides is 3. The maximum Gasteiger partial charge on any atom is 0.416 e. The number of rotatable bonds is 2. The van der Waals surface area contributed by atoms with Gasteiger partial charge in [-0.3, -0.25) is 9.69 Å². The highest BCUT2D eigenvalue weighted by molar-refractivity contribution is 5.95. The number of amides is 1. The molecule has 148 valence electrons. The van der Waals surface area contributed by atoms with Gasteiger partial charge in [-0.05, 0) is 55.6 Å². The van der Waals surface area contributed by atoms with Crippen LogP contribution in [0.15, 0.2) is 24.3 Å². The molecule has 2 aliphatic rings. The number of hydrogen-bond donors (Lipinski definition) is 2. The summed E-state index contributed by atoms with van der Waals surface area (Å²) in [5.41, 5.74) is -0.243. The average molecular weight is 392 g/mol. The highest BCUT2D eigenvalue weighted by Crippen LogP contribution is 2.38. The number of aromatic nitrogens is 2. The summed E-state index contributed by atoms with van der Waals surface area (Å²) >= 11 is 0. The molecule has 2 aromatic rings. The fourth-order valence-corrected chi connectivity index (χ4v) is 4.03. The number of benzene rings is 1. The third-order valence-electron chi connectivity index (χ3n) is 5.47. The molecule has 0 unspecified atom stereocenters. The van der Waals surface area contributed by atoms with Crippen LogP contribution in [-0.2, 0) is 11.0 Å². The van der Waals surface area contributed by atoms with Gasteiger partial charge in [0.25, 0.3) is 0 Å². The molecule has 2 atom stereocenters. The highest BCUT2D eigenvalue weighted by atomic mass is 19.4. The molecule has 0 spiro atoms. The lowest BCUT2D eigenvalue weighted by Crippen LogP contribution is -2.45. The first-order valence-corrected chi connectivity index (χ1v) is 9.02. The second-order valence-electron chi connectivity index (χ2n) is 7.27. The molecular weight excluding hydrogens is 373 g/mol. The Bertz CT molecular complexity index is 891. The Kier molecular flexibility index (Phi) is 4.49. The number of nitrogens with zero attached hydrogens (tertiary/aromatic N) is 3. The van der Waals surface area contributed by atoms with Crippen LogP contribution >= 0.6 is 0 Å². The van der Waals surface area contributed by atoms with Crippen LogP contribution < -0.4 is 10.2 Å². The van der Waals surface area contributed by atoms with Crippen molar-refractivity contribution < 1.29 is 23.1 Å². The Hall–Kier alpha value is -2.68. The van der Waals surface area contributed by atoms with E-state index in [1.54, 1.807) is 17.0 Å². The van der Waals surface area contributed by atoms with E-state index in [2.05, 4.69) is 15.5 Å². The van der Waals surface area contributed by atoms with Crippen molar-refractivity contribution in [1.29, 1.82) is 0 Å². The molecule has 2 fully saturated rings. The number of fused-ring (bicyclic) bond motifs is 1. The van der Waals surface area contributed by atoms with Crippen LogP contribution in [0, 0.1) is 18.8 Å². The van der Waals surface area contributed by atoms with Gasteiger partial charge in [-0.1, -0.05) is 0 Å².